The van der Waals surface area contributed by atoms with Gasteiger partial charge in [0.05, 0.1) is 0 Å². The molecule has 3 rings (SSSR count). The number of anilines is 1. The Kier molecular flexibility index (Phi) is 2.31. The number of aliphatic hydroxyl groups is 1. The van der Waals surface area contributed by atoms with Gasteiger partial charge in [-0.1, -0.05) is 0 Å². The van der Waals surface area contributed by atoms with E-state index in [0.717, 1.165) is 31.3 Å². The molecule has 2 aliphatic rings. The van der Waals surface area contributed by atoms with Gasteiger partial charge in [0.1, 0.15) is 11.5 Å². The van der Waals surface area contributed by atoms with Gasteiger partial charge in [0.2, 0.25) is 11.9 Å². The highest BCUT2D eigenvalue weighted by Crippen LogP contribution is 2.34. The Labute approximate surface area is 98.6 Å². The van der Waals surface area contributed by atoms with Crippen molar-refractivity contribution in [2.45, 2.75) is 25.7 Å². The van der Waals surface area contributed by atoms with Crippen LogP contribution in [0.1, 0.15) is 31.4 Å². The average Bonchev–Trinajstić information content (AvgIpc) is 3.20. The number of rotatable bonds is 3. The first kappa shape index (κ1) is 10.3. The third-order valence-electron chi connectivity index (χ3n) is 2.92. The maximum Gasteiger partial charge on any atom is 0.230 e. The topological polar surface area (TPSA) is 75.1 Å². The van der Waals surface area contributed by atoms with Crippen molar-refractivity contribution in [1.82, 2.24) is 9.97 Å². The summed E-state index contributed by atoms with van der Waals surface area (Å²) in [5.41, 5.74) is 1.50. The molecule has 2 saturated carbocycles. The van der Waals surface area contributed by atoms with Gasteiger partial charge in [-0.05, 0) is 37.3 Å². The number of nitrogens with zero attached hydrogens (tertiary/aromatic N) is 2. The lowest BCUT2D eigenvalue weighted by molar-refractivity contribution is -0.117. The van der Waals surface area contributed by atoms with Gasteiger partial charge >= 0.3 is 0 Å². The molecule has 1 amide bonds. The number of hydrogen-bond acceptors (Lipinski definition) is 4. The van der Waals surface area contributed by atoms with Crippen LogP contribution in [0, 0.1) is 5.92 Å². The van der Waals surface area contributed by atoms with Crippen LogP contribution < -0.4 is 5.32 Å². The third-order valence-corrected chi connectivity index (χ3v) is 2.92. The molecule has 0 spiro atoms. The van der Waals surface area contributed by atoms with Crippen LogP contribution in [-0.2, 0) is 4.79 Å². The Morgan fingerprint density at radius 2 is 2.18 bits per heavy atom. The standard InChI is InChI=1S/C12H13N3O2/c16-10(7-1-2-7)9-5-6-13-12(14-9)15-11(17)8-3-4-8/h5-6,8,16H,1-4H2,(H,13,14,15,17). The lowest BCUT2D eigenvalue weighted by Gasteiger charge is -2.04. The van der Waals surface area contributed by atoms with Crippen molar-refractivity contribution in [2.24, 2.45) is 5.92 Å². The molecule has 88 valence electrons. The van der Waals surface area contributed by atoms with Crippen molar-refractivity contribution >= 4 is 17.6 Å². The molecule has 0 atom stereocenters. The number of carbonyl (C=O) groups is 1. The lowest BCUT2D eigenvalue weighted by Crippen LogP contribution is -2.15. The molecule has 5 heteroatoms. The van der Waals surface area contributed by atoms with E-state index in [9.17, 15) is 9.90 Å². The van der Waals surface area contributed by atoms with Crippen molar-refractivity contribution in [3.63, 3.8) is 0 Å². The van der Waals surface area contributed by atoms with Crippen LogP contribution in [0.4, 0.5) is 5.95 Å². The number of aliphatic hydroxyl groups excluding tert-OH is 1. The van der Waals surface area contributed by atoms with E-state index in [1.807, 2.05) is 0 Å². The highest BCUT2D eigenvalue weighted by atomic mass is 16.3. The summed E-state index contributed by atoms with van der Waals surface area (Å²) in [5.74, 6) is 0.597. The van der Waals surface area contributed by atoms with E-state index in [1.54, 1.807) is 12.3 Å². The van der Waals surface area contributed by atoms with E-state index in [0.29, 0.717) is 5.69 Å². The Bertz CT molecular complexity index is 500. The quantitative estimate of drug-likeness (QED) is 0.779. The normalized spacial score (nSPS) is 17.8. The van der Waals surface area contributed by atoms with Crippen LogP contribution in [0.15, 0.2) is 17.8 Å². The van der Waals surface area contributed by atoms with Crippen LogP contribution in [0.2, 0.25) is 0 Å². The summed E-state index contributed by atoms with van der Waals surface area (Å²) < 4.78 is 0. The van der Waals surface area contributed by atoms with Gasteiger partial charge in [0.25, 0.3) is 0 Å². The number of aromatic nitrogens is 2. The second-order valence-electron chi connectivity index (χ2n) is 4.48. The van der Waals surface area contributed by atoms with Gasteiger partial charge in [0, 0.05) is 12.1 Å². The van der Waals surface area contributed by atoms with Crippen LogP contribution in [0.5, 0.6) is 0 Å². The minimum atomic E-state index is -0.0271. The van der Waals surface area contributed by atoms with E-state index >= 15 is 0 Å². The fraction of sp³-hybridized carbons (Fsp3) is 0.417. The average molecular weight is 231 g/mol. The van der Waals surface area contributed by atoms with Gasteiger partial charge in [-0.25, -0.2) is 9.97 Å². The molecule has 0 aromatic carbocycles. The van der Waals surface area contributed by atoms with E-state index in [2.05, 4.69) is 15.3 Å². The minimum Gasteiger partial charge on any atom is -0.506 e. The lowest BCUT2D eigenvalue weighted by atomic mass is 10.3. The van der Waals surface area contributed by atoms with Gasteiger partial charge in [-0.2, -0.15) is 0 Å². The number of amides is 1. The molecule has 1 aromatic rings. The Balaban J connectivity index is 1.78. The predicted molar refractivity (Wildman–Crippen MR) is 62.2 cm³/mol. The molecule has 1 aromatic heterocycles. The van der Waals surface area contributed by atoms with Crippen LogP contribution in [-0.4, -0.2) is 21.0 Å². The van der Waals surface area contributed by atoms with Crippen molar-refractivity contribution in [2.75, 3.05) is 5.32 Å². The van der Waals surface area contributed by atoms with E-state index in [-0.39, 0.29) is 23.5 Å². The number of nitrogens with one attached hydrogen (secondary N) is 1. The zero-order valence-electron chi connectivity index (χ0n) is 9.31. The molecule has 2 N–H and O–H groups in total. The zero-order valence-corrected chi connectivity index (χ0v) is 9.31. The Morgan fingerprint density at radius 3 is 2.82 bits per heavy atom. The summed E-state index contributed by atoms with van der Waals surface area (Å²) in [7, 11) is 0. The van der Waals surface area contributed by atoms with Gasteiger partial charge in [0.15, 0.2) is 0 Å². The highest BCUT2D eigenvalue weighted by Gasteiger charge is 2.30. The molecule has 0 unspecified atom stereocenters. The molecule has 2 aliphatic carbocycles. The molecular weight excluding hydrogens is 218 g/mol. The van der Waals surface area contributed by atoms with Crippen molar-refractivity contribution in [1.29, 1.82) is 0 Å². The fourth-order valence-electron chi connectivity index (χ4n) is 1.59. The Hall–Kier alpha value is -1.91. The summed E-state index contributed by atoms with van der Waals surface area (Å²) in [6.45, 7) is 0. The van der Waals surface area contributed by atoms with E-state index in [1.165, 1.54) is 0 Å². The second kappa shape index (κ2) is 3.84. The van der Waals surface area contributed by atoms with Crippen molar-refractivity contribution < 1.29 is 9.90 Å². The van der Waals surface area contributed by atoms with Gasteiger partial charge in [-0.3, -0.25) is 10.1 Å². The maximum atomic E-state index is 11.5. The Morgan fingerprint density at radius 1 is 1.41 bits per heavy atom. The van der Waals surface area contributed by atoms with Crippen molar-refractivity contribution in [3.05, 3.63) is 23.5 Å². The monoisotopic (exact) mass is 231 g/mol. The molecule has 17 heavy (non-hydrogen) atoms. The first-order valence-corrected chi connectivity index (χ1v) is 5.79. The molecular formula is C12H13N3O2. The number of carbonyl (C=O) groups excluding carboxylic acids is 1. The second-order valence-corrected chi connectivity index (χ2v) is 4.48. The van der Waals surface area contributed by atoms with Crippen LogP contribution >= 0.6 is 0 Å². The molecule has 2 fully saturated rings. The molecule has 0 aliphatic heterocycles. The summed E-state index contributed by atoms with van der Waals surface area (Å²) in [6, 6.07) is 1.65. The van der Waals surface area contributed by atoms with Crippen LogP contribution in [0.25, 0.3) is 5.76 Å². The molecule has 0 radical (unpaired) electrons. The SMILES string of the molecule is O=C(Nc1nccc(C(O)=C2CC2)n1)C1CC1. The molecule has 5 nitrogen and oxygen atoms in total. The summed E-state index contributed by atoms with van der Waals surface area (Å²) >= 11 is 0. The molecule has 0 saturated heterocycles. The smallest absolute Gasteiger partial charge is 0.230 e. The van der Waals surface area contributed by atoms with E-state index in [4.69, 9.17) is 0 Å². The van der Waals surface area contributed by atoms with Crippen molar-refractivity contribution in [3.8, 4) is 0 Å². The maximum absolute atomic E-state index is 11.5. The summed E-state index contributed by atoms with van der Waals surface area (Å²) in [6.07, 6.45) is 5.30. The summed E-state index contributed by atoms with van der Waals surface area (Å²) in [5, 5.41) is 12.5. The third kappa shape index (κ3) is 2.27. The minimum absolute atomic E-state index is 0.0271. The number of allylic oxidation sites excluding steroid dienone is 1. The molecule has 1 heterocycles. The fourth-order valence-corrected chi connectivity index (χ4v) is 1.59. The first-order chi connectivity index (χ1) is 8.24. The van der Waals surface area contributed by atoms with E-state index < -0.39 is 0 Å². The zero-order chi connectivity index (χ0) is 11.8. The number of hydrogen-bond donors (Lipinski definition) is 2. The molecule has 0 bridgehead atoms. The van der Waals surface area contributed by atoms with Gasteiger partial charge < -0.3 is 5.11 Å². The highest BCUT2D eigenvalue weighted by molar-refractivity contribution is 5.92. The first-order valence-electron chi connectivity index (χ1n) is 5.79. The predicted octanol–water partition coefficient (Wildman–Crippen LogP) is 1.89. The van der Waals surface area contributed by atoms with Gasteiger partial charge in [-0.15, -0.1) is 0 Å². The largest absolute Gasteiger partial charge is 0.506 e. The summed E-state index contributed by atoms with van der Waals surface area (Å²) in [4.78, 5) is 19.6. The van der Waals surface area contributed by atoms with Crippen LogP contribution in [0.3, 0.4) is 0 Å².